The van der Waals surface area contributed by atoms with E-state index in [9.17, 15) is 9.59 Å². The number of amides is 1. The smallest absolute Gasteiger partial charge is 0.263 e. The monoisotopic (exact) mass is 286 g/mol. The van der Waals surface area contributed by atoms with Crippen LogP contribution in [0, 0.1) is 12.8 Å². The van der Waals surface area contributed by atoms with Gasteiger partial charge < -0.3 is 9.47 Å². The van der Waals surface area contributed by atoms with Crippen LogP contribution in [0.5, 0.6) is 0 Å². The maximum absolute atomic E-state index is 12.9. The van der Waals surface area contributed by atoms with Crippen molar-refractivity contribution < 1.29 is 4.79 Å². The standard InChI is InChI=1S/C17H22N2O2/c1-11(2)14-5-4-9-19(14)17(21)15-12(3)8-10-18(16(15)20)13-6-7-13/h4-5,8,10-11,13-14H,6-7,9H2,1-3H3. The predicted molar refractivity (Wildman–Crippen MR) is 82.5 cm³/mol. The molecule has 112 valence electrons. The van der Waals surface area contributed by atoms with Gasteiger partial charge in [0, 0.05) is 18.8 Å². The first-order valence-corrected chi connectivity index (χ1v) is 7.70. The van der Waals surface area contributed by atoms with Crippen LogP contribution in [0.3, 0.4) is 0 Å². The molecule has 4 heteroatoms. The van der Waals surface area contributed by atoms with Crippen molar-refractivity contribution in [2.24, 2.45) is 5.92 Å². The van der Waals surface area contributed by atoms with Gasteiger partial charge >= 0.3 is 0 Å². The van der Waals surface area contributed by atoms with Crippen LogP contribution in [0.4, 0.5) is 0 Å². The van der Waals surface area contributed by atoms with Crippen molar-refractivity contribution in [3.63, 3.8) is 0 Å². The SMILES string of the molecule is Cc1ccn(C2CC2)c(=O)c1C(=O)N1CC=CC1C(C)C. The average molecular weight is 286 g/mol. The lowest BCUT2D eigenvalue weighted by molar-refractivity contribution is 0.0717. The topological polar surface area (TPSA) is 42.3 Å². The largest absolute Gasteiger partial charge is 0.328 e. The fourth-order valence-electron chi connectivity index (χ4n) is 3.02. The minimum atomic E-state index is -0.129. The van der Waals surface area contributed by atoms with Crippen molar-refractivity contribution >= 4 is 5.91 Å². The molecule has 0 radical (unpaired) electrons. The van der Waals surface area contributed by atoms with E-state index in [1.807, 2.05) is 30.2 Å². The van der Waals surface area contributed by atoms with Crippen LogP contribution in [0.2, 0.25) is 0 Å². The number of aromatic nitrogens is 1. The van der Waals surface area contributed by atoms with Gasteiger partial charge in [-0.25, -0.2) is 0 Å². The number of pyridine rings is 1. The van der Waals surface area contributed by atoms with Crippen molar-refractivity contribution in [2.75, 3.05) is 6.54 Å². The van der Waals surface area contributed by atoms with E-state index in [2.05, 4.69) is 19.9 Å². The molecule has 2 aliphatic rings. The van der Waals surface area contributed by atoms with E-state index in [4.69, 9.17) is 0 Å². The van der Waals surface area contributed by atoms with Crippen molar-refractivity contribution in [1.29, 1.82) is 0 Å². The molecule has 1 saturated carbocycles. The van der Waals surface area contributed by atoms with E-state index < -0.39 is 0 Å². The summed E-state index contributed by atoms with van der Waals surface area (Å²) in [6.07, 6.45) is 7.99. The van der Waals surface area contributed by atoms with Crippen LogP contribution >= 0.6 is 0 Å². The molecule has 2 heterocycles. The molecule has 21 heavy (non-hydrogen) atoms. The van der Waals surface area contributed by atoms with Crippen LogP contribution in [-0.4, -0.2) is 28.0 Å². The summed E-state index contributed by atoms with van der Waals surface area (Å²) in [5, 5.41) is 0. The Labute approximate surface area is 125 Å². The highest BCUT2D eigenvalue weighted by atomic mass is 16.2. The molecule has 1 aromatic rings. The number of hydrogen-bond acceptors (Lipinski definition) is 2. The van der Waals surface area contributed by atoms with Gasteiger partial charge in [0.05, 0.1) is 6.04 Å². The van der Waals surface area contributed by atoms with Gasteiger partial charge in [-0.15, -0.1) is 0 Å². The molecule has 1 aliphatic carbocycles. The van der Waals surface area contributed by atoms with Gasteiger partial charge in [-0.2, -0.15) is 0 Å². The van der Waals surface area contributed by atoms with Crippen LogP contribution in [-0.2, 0) is 0 Å². The van der Waals surface area contributed by atoms with E-state index in [0.717, 1.165) is 18.4 Å². The number of aryl methyl sites for hydroxylation is 1. The molecule has 0 N–H and O–H groups in total. The molecule has 1 unspecified atom stereocenters. The molecule has 1 aliphatic heterocycles. The fourth-order valence-corrected chi connectivity index (χ4v) is 3.02. The molecule has 1 amide bonds. The van der Waals surface area contributed by atoms with Gasteiger partial charge in [-0.1, -0.05) is 26.0 Å². The zero-order valence-electron chi connectivity index (χ0n) is 12.9. The van der Waals surface area contributed by atoms with Crippen molar-refractivity contribution in [1.82, 2.24) is 9.47 Å². The Morgan fingerprint density at radius 1 is 1.33 bits per heavy atom. The Balaban J connectivity index is 1.98. The lowest BCUT2D eigenvalue weighted by Gasteiger charge is -2.28. The van der Waals surface area contributed by atoms with Crippen molar-refractivity contribution in [3.8, 4) is 0 Å². The summed E-state index contributed by atoms with van der Waals surface area (Å²) < 4.78 is 1.73. The minimum absolute atomic E-state index is 0.0888. The normalized spacial score (nSPS) is 21.3. The number of carbonyl (C=O) groups excluding carboxylic acids is 1. The van der Waals surface area contributed by atoms with Crippen molar-refractivity contribution in [2.45, 2.75) is 45.7 Å². The van der Waals surface area contributed by atoms with Gasteiger partial charge in [0.25, 0.3) is 11.5 Å². The highest BCUT2D eigenvalue weighted by molar-refractivity contribution is 5.96. The summed E-state index contributed by atoms with van der Waals surface area (Å²) >= 11 is 0. The molecule has 0 bridgehead atoms. The van der Waals surface area contributed by atoms with Gasteiger partial charge in [-0.05, 0) is 37.3 Å². The Morgan fingerprint density at radius 2 is 2.05 bits per heavy atom. The summed E-state index contributed by atoms with van der Waals surface area (Å²) in [5.74, 6) is 0.221. The highest BCUT2D eigenvalue weighted by Crippen LogP contribution is 2.33. The van der Waals surface area contributed by atoms with Crippen LogP contribution in [0.15, 0.2) is 29.2 Å². The van der Waals surface area contributed by atoms with E-state index in [-0.39, 0.29) is 17.5 Å². The Morgan fingerprint density at radius 3 is 2.67 bits per heavy atom. The lowest BCUT2D eigenvalue weighted by atomic mass is 10.0. The summed E-state index contributed by atoms with van der Waals surface area (Å²) in [7, 11) is 0. The Hall–Kier alpha value is -1.84. The second-order valence-electron chi connectivity index (χ2n) is 6.44. The second-order valence-corrected chi connectivity index (χ2v) is 6.44. The maximum atomic E-state index is 12.9. The van der Waals surface area contributed by atoms with Gasteiger partial charge in [0.2, 0.25) is 0 Å². The first-order valence-electron chi connectivity index (χ1n) is 7.70. The first-order chi connectivity index (χ1) is 10.0. The molecule has 0 saturated heterocycles. The first kappa shape index (κ1) is 14.1. The summed E-state index contributed by atoms with van der Waals surface area (Å²) in [6, 6.07) is 2.27. The van der Waals surface area contributed by atoms with Crippen LogP contribution in [0.25, 0.3) is 0 Å². The lowest BCUT2D eigenvalue weighted by Crippen LogP contribution is -2.42. The molecule has 1 aromatic heterocycles. The van der Waals surface area contributed by atoms with E-state index in [1.165, 1.54) is 0 Å². The van der Waals surface area contributed by atoms with Crippen LogP contribution in [0.1, 0.15) is 48.7 Å². The molecular formula is C17H22N2O2. The Bertz CT molecular complexity index is 653. The van der Waals surface area contributed by atoms with E-state index in [1.54, 1.807) is 4.57 Å². The number of nitrogens with zero attached hydrogens (tertiary/aromatic N) is 2. The van der Waals surface area contributed by atoms with E-state index >= 15 is 0 Å². The number of carbonyl (C=O) groups is 1. The fraction of sp³-hybridized carbons (Fsp3) is 0.529. The number of hydrogen-bond donors (Lipinski definition) is 0. The third kappa shape index (κ3) is 2.43. The zero-order chi connectivity index (χ0) is 15.1. The average Bonchev–Trinajstić information content (AvgIpc) is 3.14. The van der Waals surface area contributed by atoms with Gasteiger partial charge in [0.15, 0.2) is 0 Å². The molecule has 1 atom stereocenters. The molecule has 0 aromatic carbocycles. The summed E-state index contributed by atoms with van der Waals surface area (Å²) in [6.45, 7) is 6.64. The molecule has 1 fully saturated rings. The third-order valence-corrected chi connectivity index (χ3v) is 4.42. The van der Waals surface area contributed by atoms with Gasteiger partial charge in [-0.3, -0.25) is 9.59 Å². The van der Waals surface area contributed by atoms with Gasteiger partial charge in [0.1, 0.15) is 5.56 Å². The maximum Gasteiger partial charge on any atom is 0.263 e. The second kappa shape index (κ2) is 5.17. The van der Waals surface area contributed by atoms with Crippen molar-refractivity contribution in [3.05, 3.63) is 45.9 Å². The van der Waals surface area contributed by atoms with E-state index in [0.29, 0.717) is 24.1 Å². The van der Waals surface area contributed by atoms with Crippen LogP contribution < -0.4 is 5.56 Å². The number of rotatable bonds is 3. The summed E-state index contributed by atoms with van der Waals surface area (Å²) in [4.78, 5) is 27.3. The summed E-state index contributed by atoms with van der Waals surface area (Å²) in [5.41, 5.74) is 0.993. The third-order valence-electron chi connectivity index (χ3n) is 4.42. The highest BCUT2D eigenvalue weighted by Gasteiger charge is 2.32. The zero-order valence-corrected chi connectivity index (χ0v) is 12.9. The Kier molecular flexibility index (Phi) is 3.47. The quantitative estimate of drug-likeness (QED) is 0.801. The molecule has 3 rings (SSSR count). The molecular weight excluding hydrogens is 264 g/mol. The molecule has 0 spiro atoms. The minimum Gasteiger partial charge on any atom is -0.328 e. The molecule has 4 nitrogen and oxygen atoms in total. The predicted octanol–water partition coefficient (Wildman–Crippen LogP) is 2.53.